The van der Waals surface area contributed by atoms with Gasteiger partial charge in [-0.1, -0.05) is 18.2 Å². The molecule has 2 aromatic heterocycles. The minimum absolute atomic E-state index is 0.471. The van der Waals surface area contributed by atoms with Crippen molar-refractivity contribution in [2.75, 3.05) is 30.9 Å². The van der Waals surface area contributed by atoms with Crippen molar-refractivity contribution < 1.29 is 4.74 Å². The summed E-state index contributed by atoms with van der Waals surface area (Å²) in [6.45, 7) is 1.21. The lowest BCUT2D eigenvalue weighted by Gasteiger charge is -2.10. The number of fused-ring (bicyclic) bond motifs is 1. The fourth-order valence-corrected chi connectivity index (χ4v) is 1.96. The Hall–Kier alpha value is -2.80. The van der Waals surface area contributed by atoms with Crippen molar-refractivity contribution in [3.8, 4) is 0 Å². The van der Waals surface area contributed by atoms with E-state index in [4.69, 9.17) is 4.74 Å². The standard InChI is InChI=1S/C15H16N6O/c1-22-10-9-18-14-12-13(17-8-7-16-12)20-15(21-14)19-11-5-3-2-4-6-11/h2-8H,9-10H2,1H3,(H2,17,18,19,20,21). The molecule has 0 bridgehead atoms. The van der Waals surface area contributed by atoms with E-state index in [2.05, 4.69) is 30.6 Å². The Kier molecular flexibility index (Phi) is 4.35. The molecule has 0 aliphatic heterocycles. The quantitative estimate of drug-likeness (QED) is 0.675. The molecule has 0 saturated heterocycles. The maximum absolute atomic E-state index is 5.04. The summed E-state index contributed by atoms with van der Waals surface area (Å²) in [6, 6.07) is 9.74. The molecule has 7 nitrogen and oxygen atoms in total. The van der Waals surface area contributed by atoms with Gasteiger partial charge in [-0.3, -0.25) is 0 Å². The van der Waals surface area contributed by atoms with Crippen molar-refractivity contribution in [2.24, 2.45) is 0 Å². The van der Waals surface area contributed by atoms with E-state index in [1.54, 1.807) is 19.5 Å². The van der Waals surface area contributed by atoms with Crippen molar-refractivity contribution in [3.63, 3.8) is 0 Å². The Morgan fingerprint density at radius 2 is 1.86 bits per heavy atom. The van der Waals surface area contributed by atoms with Crippen molar-refractivity contribution in [3.05, 3.63) is 42.7 Å². The van der Waals surface area contributed by atoms with Gasteiger partial charge in [0.15, 0.2) is 17.0 Å². The average molecular weight is 296 g/mol. The molecule has 112 valence electrons. The molecule has 3 rings (SSSR count). The summed E-state index contributed by atoms with van der Waals surface area (Å²) < 4.78 is 5.04. The van der Waals surface area contributed by atoms with E-state index < -0.39 is 0 Å². The minimum Gasteiger partial charge on any atom is -0.383 e. The first-order chi connectivity index (χ1) is 10.9. The molecule has 0 fully saturated rings. The predicted molar refractivity (Wildman–Crippen MR) is 85.2 cm³/mol. The number of benzene rings is 1. The molecular formula is C15H16N6O. The maximum Gasteiger partial charge on any atom is 0.231 e. The summed E-state index contributed by atoms with van der Waals surface area (Å²) in [5, 5.41) is 6.36. The Bertz CT molecular complexity index is 749. The third-order valence-corrected chi connectivity index (χ3v) is 2.96. The zero-order chi connectivity index (χ0) is 15.2. The fraction of sp³-hybridized carbons (Fsp3) is 0.200. The number of hydrogen-bond acceptors (Lipinski definition) is 7. The minimum atomic E-state index is 0.471. The van der Waals surface area contributed by atoms with E-state index in [0.29, 0.717) is 36.1 Å². The van der Waals surface area contributed by atoms with Gasteiger partial charge in [-0.25, -0.2) is 9.97 Å². The molecule has 2 heterocycles. The number of anilines is 3. The molecule has 3 aromatic rings. The zero-order valence-corrected chi connectivity index (χ0v) is 12.2. The van der Waals surface area contributed by atoms with Gasteiger partial charge in [-0.05, 0) is 12.1 Å². The predicted octanol–water partition coefficient (Wildman–Crippen LogP) is 2.22. The number of rotatable bonds is 6. The lowest BCUT2D eigenvalue weighted by atomic mass is 10.3. The fourth-order valence-electron chi connectivity index (χ4n) is 1.96. The van der Waals surface area contributed by atoms with E-state index in [1.165, 1.54) is 0 Å². The Morgan fingerprint density at radius 3 is 2.68 bits per heavy atom. The van der Waals surface area contributed by atoms with Crippen molar-refractivity contribution in [1.29, 1.82) is 0 Å². The van der Waals surface area contributed by atoms with Gasteiger partial charge in [-0.2, -0.15) is 9.97 Å². The molecule has 0 amide bonds. The molecule has 1 aromatic carbocycles. The van der Waals surface area contributed by atoms with Gasteiger partial charge >= 0.3 is 0 Å². The van der Waals surface area contributed by atoms with Crippen LogP contribution in [0.25, 0.3) is 11.2 Å². The van der Waals surface area contributed by atoms with Crippen LogP contribution in [0.2, 0.25) is 0 Å². The molecule has 7 heteroatoms. The molecule has 0 unspecified atom stereocenters. The van der Waals surface area contributed by atoms with Crippen LogP contribution in [0.3, 0.4) is 0 Å². The Balaban J connectivity index is 1.93. The van der Waals surface area contributed by atoms with Crippen molar-refractivity contribution in [2.45, 2.75) is 0 Å². The smallest absolute Gasteiger partial charge is 0.231 e. The number of nitrogens with zero attached hydrogens (tertiary/aromatic N) is 4. The molecule has 0 radical (unpaired) electrons. The number of hydrogen-bond donors (Lipinski definition) is 2. The molecule has 22 heavy (non-hydrogen) atoms. The van der Waals surface area contributed by atoms with Crippen LogP contribution in [-0.2, 0) is 4.74 Å². The summed E-state index contributed by atoms with van der Waals surface area (Å²) in [5.74, 6) is 1.10. The number of aromatic nitrogens is 4. The topological polar surface area (TPSA) is 84.9 Å². The summed E-state index contributed by atoms with van der Waals surface area (Å²) in [7, 11) is 1.65. The average Bonchev–Trinajstić information content (AvgIpc) is 2.56. The molecule has 2 N–H and O–H groups in total. The van der Waals surface area contributed by atoms with Gasteiger partial charge in [0, 0.05) is 31.7 Å². The first kappa shape index (κ1) is 14.2. The zero-order valence-electron chi connectivity index (χ0n) is 12.2. The Labute approximate surface area is 127 Å². The van der Waals surface area contributed by atoms with Crippen LogP contribution in [0, 0.1) is 0 Å². The number of ether oxygens (including phenoxy) is 1. The first-order valence-electron chi connectivity index (χ1n) is 6.90. The van der Waals surface area contributed by atoms with E-state index in [9.17, 15) is 0 Å². The lowest BCUT2D eigenvalue weighted by molar-refractivity contribution is 0.210. The molecular weight excluding hydrogens is 280 g/mol. The second-order valence-corrected chi connectivity index (χ2v) is 4.53. The van der Waals surface area contributed by atoms with Gasteiger partial charge in [0.25, 0.3) is 0 Å². The van der Waals surface area contributed by atoms with E-state index in [0.717, 1.165) is 5.69 Å². The highest BCUT2D eigenvalue weighted by molar-refractivity contribution is 5.83. The summed E-state index contributed by atoms with van der Waals surface area (Å²) >= 11 is 0. The SMILES string of the molecule is COCCNc1nc(Nc2ccccc2)nc2nccnc12. The highest BCUT2D eigenvalue weighted by Crippen LogP contribution is 2.20. The van der Waals surface area contributed by atoms with Crippen molar-refractivity contribution in [1.82, 2.24) is 19.9 Å². The first-order valence-corrected chi connectivity index (χ1v) is 6.90. The van der Waals surface area contributed by atoms with Crippen LogP contribution in [-0.4, -0.2) is 40.2 Å². The van der Waals surface area contributed by atoms with Crippen LogP contribution in [0.1, 0.15) is 0 Å². The van der Waals surface area contributed by atoms with Crippen LogP contribution in [0.4, 0.5) is 17.5 Å². The third-order valence-electron chi connectivity index (χ3n) is 2.96. The van der Waals surface area contributed by atoms with E-state index in [-0.39, 0.29) is 0 Å². The maximum atomic E-state index is 5.04. The largest absolute Gasteiger partial charge is 0.383 e. The van der Waals surface area contributed by atoms with E-state index in [1.807, 2.05) is 30.3 Å². The Morgan fingerprint density at radius 1 is 1.05 bits per heavy atom. The monoisotopic (exact) mass is 296 g/mol. The van der Waals surface area contributed by atoms with Gasteiger partial charge in [0.1, 0.15) is 0 Å². The molecule has 0 atom stereocenters. The van der Waals surface area contributed by atoms with Crippen molar-refractivity contribution >= 4 is 28.6 Å². The number of methoxy groups -OCH3 is 1. The van der Waals surface area contributed by atoms with E-state index >= 15 is 0 Å². The second-order valence-electron chi connectivity index (χ2n) is 4.53. The molecule has 0 aliphatic rings. The highest BCUT2D eigenvalue weighted by Gasteiger charge is 2.09. The highest BCUT2D eigenvalue weighted by atomic mass is 16.5. The summed E-state index contributed by atoms with van der Waals surface area (Å²) in [4.78, 5) is 17.4. The second kappa shape index (κ2) is 6.77. The van der Waals surface area contributed by atoms with Crippen LogP contribution >= 0.6 is 0 Å². The molecule has 0 spiro atoms. The number of para-hydroxylation sites is 1. The summed E-state index contributed by atoms with van der Waals surface area (Å²) in [5.41, 5.74) is 2.08. The van der Waals surface area contributed by atoms with Crippen LogP contribution < -0.4 is 10.6 Å². The third kappa shape index (κ3) is 3.26. The van der Waals surface area contributed by atoms with Crippen LogP contribution in [0.15, 0.2) is 42.7 Å². The van der Waals surface area contributed by atoms with Gasteiger partial charge in [0.2, 0.25) is 5.95 Å². The number of nitrogens with one attached hydrogen (secondary N) is 2. The van der Waals surface area contributed by atoms with Gasteiger partial charge in [0.05, 0.1) is 6.61 Å². The molecule has 0 aliphatic carbocycles. The van der Waals surface area contributed by atoms with Gasteiger partial charge < -0.3 is 15.4 Å². The lowest BCUT2D eigenvalue weighted by Crippen LogP contribution is -2.11. The summed E-state index contributed by atoms with van der Waals surface area (Å²) in [6.07, 6.45) is 3.23. The van der Waals surface area contributed by atoms with Gasteiger partial charge in [-0.15, -0.1) is 0 Å². The van der Waals surface area contributed by atoms with Crippen LogP contribution in [0.5, 0.6) is 0 Å². The molecule has 0 saturated carbocycles. The normalized spacial score (nSPS) is 10.6.